The molecule has 0 bridgehead atoms. The number of piperazine rings is 1. The summed E-state index contributed by atoms with van der Waals surface area (Å²) in [6, 6.07) is 13.5. The fraction of sp³-hybridized carbons (Fsp3) is 0.292. The Morgan fingerprint density at radius 2 is 1.91 bits per heavy atom. The predicted molar refractivity (Wildman–Crippen MR) is 125 cm³/mol. The number of nitrogens with zero attached hydrogens (tertiary/aromatic N) is 4. The van der Waals surface area contributed by atoms with E-state index in [9.17, 15) is 9.59 Å². The molecule has 4 heterocycles. The molecule has 1 aliphatic rings. The van der Waals surface area contributed by atoms with Crippen molar-refractivity contribution in [1.82, 2.24) is 24.6 Å². The third kappa shape index (κ3) is 3.85. The summed E-state index contributed by atoms with van der Waals surface area (Å²) >= 11 is 0. The summed E-state index contributed by atoms with van der Waals surface area (Å²) in [4.78, 5) is 36.5. The number of anilines is 1. The molecule has 1 aliphatic heterocycles. The number of carbonyl (C=O) groups excluding carboxylic acids is 1. The van der Waals surface area contributed by atoms with Crippen molar-refractivity contribution in [2.24, 2.45) is 0 Å². The average molecular weight is 431 g/mol. The van der Waals surface area contributed by atoms with E-state index in [1.165, 1.54) is 0 Å². The molecule has 4 aromatic rings. The summed E-state index contributed by atoms with van der Waals surface area (Å²) < 4.78 is 1.83. The molecule has 0 spiro atoms. The van der Waals surface area contributed by atoms with Crippen LogP contribution < -0.4 is 15.8 Å². The number of benzene rings is 1. The zero-order chi connectivity index (χ0) is 22.1. The lowest BCUT2D eigenvalue weighted by Gasteiger charge is -2.36. The van der Waals surface area contributed by atoms with Crippen molar-refractivity contribution in [3.8, 4) is 0 Å². The zero-order valence-electron chi connectivity index (χ0n) is 18.0. The largest absolute Gasteiger partial charge is 0.369 e. The van der Waals surface area contributed by atoms with Gasteiger partial charge in [-0.15, -0.1) is 0 Å². The Labute approximate surface area is 185 Å². The van der Waals surface area contributed by atoms with Crippen LogP contribution in [0.4, 0.5) is 5.69 Å². The number of H-pyrrole nitrogens is 1. The number of hydrogen-bond acceptors (Lipinski definition) is 5. The van der Waals surface area contributed by atoms with Crippen molar-refractivity contribution in [2.75, 3.05) is 37.6 Å². The summed E-state index contributed by atoms with van der Waals surface area (Å²) in [5.74, 6) is -0.0354. The molecule has 1 aromatic carbocycles. The van der Waals surface area contributed by atoms with Crippen LogP contribution in [-0.4, -0.2) is 57.9 Å². The van der Waals surface area contributed by atoms with Gasteiger partial charge in [0.15, 0.2) is 5.65 Å². The maximum atomic E-state index is 12.3. The van der Waals surface area contributed by atoms with Crippen molar-refractivity contribution in [3.63, 3.8) is 0 Å². The maximum Gasteiger partial charge on any atom is 0.272 e. The quantitative estimate of drug-likeness (QED) is 0.507. The fourth-order valence-electron chi connectivity index (χ4n) is 4.32. The van der Waals surface area contributed by atoms with Crippen LogP contribution in [0.3, 0.4) is 0 Å². The maximum absolute atomic E-state index is 12.3. The molecule has 32 heavy (non-hydrogen) atoms. The van der Waals surface area contributed by atoms with Crippen molar-refractivity contribution < 1.29 is 4.79 Å². The molecular weight excluding hydrogens is 404 g/mol. The van der Waals surface area contributed by atoms with E-state index in [4.69, 9.17) is 0 Å². The average Bonchev–Trinajstić information content (AvgIpc) is 3.31. The molecule has 164 valence electrons. The van der Waals surface area contributed by atoms with Crippen molar-refractivity contribution >= 4 is 28.3 Å². The first kappa shape index (κ1) is 20.3. The van der Waals surface area contributed by atoms with Gasteiger partial charge < -0.3 is 15.2 Å². The molecule has 1 fully saturated rings. The molecule has 1 saturated heterocycles. The Bertz CT molecular complexity index is 1320. The molecule has 0 unspecified atom stereocenters. The number of amides is 1. The first-order chi connectivity index (χ1) is 15.6. The van der Waals surface area contributed by atoms with E-state index < -0.39 is 0 Å². The van der Waals surface area contributed by atoms with Crippen LogP contribution in [0.1, 0.15) is 22.8 Å². The number of aromatic amines is 1. The van der Waals surface area contributed by atoms with E-state index in [1.807, 2.05) is 60.1 Å². The fourth-order valence-corrected chi connectivity index (χ4v) is 4.32. The lowest BCUT2D eigenvalue weighted by Crippen LogP contribution is -2.46. The van der Waals surface area contributed by atoms with Gasteiger partial charge in [0.05, 0.1) is 5.52 Å². The van der Waals surface area contributed by atoms with E-state index in [2.05, 4.69) is 25.1 Å². The number of rotatable bonds is 5. The number of hydrogen-bond donors (Lipinski definition) is 2. The van der Waals surface area contributed by atoms with E-state index in [1.54, 1.807) is 6.07 Å². The second-order valence-corrected chi connectivity index (χ2v) is 8.10. The van der Waals surface area contributed by atoms with Crippen LogP contribution in [0.2, 0.25) is 0 Å². The third-order valence-electron chi connectivity index (χ3n) is 5.99. The first-order valence-electron chi connectivity index (χ1n) is 11.0. The lowest BCUT2D eigenvalue weighted by molar-refractivity contribution is 0.0956. The van der Waals surface area contributed by atoms with Crippen molar-refractivity contribution in [2.45, 2.75) is 13.5 Å². The van der Waals surface area contributed by atoms with Gasteiger partial charge in [0.1, 0.15) is 5.52 Å². The van der Waals surface area contributed by atoms with Gasteiger partial charge in [-0.25, -0.2) is 4.98 Å². The van der Waals surface area contributed by atoms with Gasteiger partial charge in [0, 0.05) is 62.9 Å². The Kier molecular flexibility index (Phi) is 5.36. The number of nitrogens with one attached hydrogen (secondary N) is 2. The van der Waals surface area contributed by atoms with Gasteiger partial charge >= 0.3 is 0 Å². The molecule has 1 amide bonds. The number of carbonyl (C=O) groups is 1. The van der Waals surface area contributed by atoms with Crippen LogP contribution in [0, 0.1) is 0 Å². The van der Waals surface area contributed by atoms with E-state index in [-0.39, 0.29) is 11.5 Å². The van der Waals surface area contributed by atoms with E-state index in [0.717, 1.165) is 55.1 Å². The van der Waals surface area contributed by atoms with Gasteiger partial charge in [-0.05, 0) is 55.0 Å². The SMILES string of the molecule is CCNC(=O)c1ccc(N2CCN(Cc3cnc4c(c3)[nH]c(=O)c3cccn34)CC2)cc1. The number of pyridine rings is 1. The van der Waals surface area contributed by atoms with Gasteiger partial charge in [0.25, 0.3) is 11.5 Å². The molecule has 0 atom stereocenters. The molecule has 0 aliphatic carbocycles. The summed E-state index contributed by atoms with van der Waals surface area (Å²) in [5, 5.41) is 2.83. The molecular formula is C24H26N6O2. The molecule has 2 N–H and O–H groups in total. The monoisotopic (exact) mass is 430 g/mol. The van der Waals surface area contributed by atoms with Gasteiger partial charge in [-0.2, -0.15) is 0 Å². The molecule has 5 rings (SSSR count). The van der Waals surface area contributed by atoms with Crippen LogP contribution in [0.15, 0.2) is 59.7 Å². The van der Waals surface area contributed by atoms with Crippen LogP contribution in [0.25, 0.3) is 16.7 Å². The number of aromatic nitrogens is 3. The topological polar surface area (TPSA) is 85.7 Å². The highest BCUT2D eigenvalue weighted by Gasteiger charge is 2.18. The summed E-state index contributed by atoms with van der Waals surface area (Å²) in [7, 11) is 0. The minimum Gasteiger partial charge on any atom is -0.369 e. The molecule has 8 heteroatoms. The van der Waals surface area contributed by atoms with Gasteiger partial charge in [-0.3, -0.25) is 18.9 Å². The van der Waals surface area contributed by atoms with Crippen LogP contribution in [-0.2, 0) is 6.54 Å². The smallest absolute Gasteiger partial charge is 0.272 e. The van der Waals surface area contributed by atoms with E-state index in [0.29, 0.717) is 17.6 Å². The summed E-state index contributed by atoms with van der Waals surface area (Å²) in [6.45, 7) is 7.04. The molecule has 3 aromatic heterocycles. The minimum atomic E-state index is -0.103. The highest BCUT2D eigenvalue weighted by atomic mass is 16.1. The second-order valence-electron chi connectivity index (χ2n) is 8.10. The third-order valence-corrected chi connectivity index (χ3v) is 5.99. The minimum absolute atomic E-state index is 0.0354. The van der Waals surface area contributed by atoms with Crippen LogP contribution in [0.5, 0.6) is 0 Å². The number of fused-ring (bicyclic) bond motifs is 3. The standard InChI is InChI=1S/C24H26N6O2/c1-2-25-23(31)18-5-7-19(8-6-18)29-12-10-28(11-13-29)16-17-14-20-22(26-15-17)30-9-3-4-21(30)24(32)27-20/h3-9,14-15H,2,10-13,16H2,1H3,(H,25,31)(H,27,32). The summed E-state index contributed by atoms with van der Waals surface area (Å²) in [6.07, 6.45) is 3.76. The van der Waals surface area contributed by atoms with Crippen molar-refractivity contribution in [3.05, 3.63) is 76.3 Å². The molecule has 8 nitrogen and oxygen atoms in total. The molecule has 0 saturated carbocycles. The normalized spacial score (nSPS) is 14.8. The highest BCUT2D eigenvalue weighted by Crippen LogP contribution is 2.19. The Hall–Kier alpha value is -3.65. The summed E-state index contributed by atoms with van der Waals surface area (Å²) in [5.41, 5.74) is 4.92. The lowest BCUT2D eigenvalue weighted by atomic mass is 10.1. The Morgan fingerprint density at radius 3 is 2.66 bits per heavy atom. The first-order valence-corrected chi connectivity index (χ1v) is 11.0. The highest BCUT2D eigenvalue weighted by molar-refractivity contribution is 5.94. The zero-order valence-corrected chi connectivity index (χ0v) is 18.0. The van der Waals surface area contributed by atoms with Gasteiger partial charge in [-0.1, -0.05) is 0 Å². The predicted octanol–water partition coefficient (Wildman–Crippen LogP) is 2.25. The molecule has 0 radical (unpaired) electrons. The Morgan fingerprint density at radius 1 is 1.12 bits per heavy atom. The van der Waals surface area contributed by atoms with Gasteiger partial charge in [0.2, 0.25) is 0 Å². The van der Waals surface area contributed by atoms with Crippen LogP contribution >= 0.6 is 0 Å². The Balaban J connectivity index is 1.24. The second kappa shape index (κ2) is 8.47. The van der Waals surface area contributed by atoms with E-state index >= 15 is 0 Å². The van der Waals surface area contributed by atoms with Crippen molar-refractivity contribution in [1.29, 1.82) is 0 Å².